The van der Waals surface area contributed by atoms with Crippen LogP contribution in [0.1, 0.15) is 40.0 Å². The van der Waals surface area contributed by atoms with Crippen LogP contribution in [0.25, 0.3) is 16.7 Å². The van der Waals surface area contributed by atoms with E-state index in [2.05, 4.69) is 5.32 Å². The van der Waals surface area contributed by atoms with Crippen molar-refractivity contribution in [1.29, 1.82) is 0 Å². The summed E-state index contributed by atoms with van der Waals surface area (Å²) in [5.74, 6) is -0.607. The molecule has 180 valence electrons. The van der Waals surface area contributed by atoms with E-state index in [-0.39, 0.29) is 40.7 Å². The molecule has 3 aromatic heterocycles. The molecule has 1 amide bonds. The molecule has 3 N–H and O–H groups in total. The summed E-state index contributed by atoms with van der Waals surface area (Å²) in [6.45, 7) is 3.95. The van der Waals surface area contributed by atoms with E-state index in [1.165, 1.54) is 22.6 Å². The molecule has 2 aromatic carbocycles. The number of hydrogen-bond acceptors (Lipinski definition) is 4. The Kier molecular flexibility index (Phi) is 5.93. The smallest absolute Gasteiger partial charge is 0.278 e. The van der Waals surface area contributed by atoms with Crippen molar-refractivity contribution in [3.8, 4) is 0 Å². The number of aryl methyl sites for hydroxylation is 1. The molecule has 0 saturated carbocycles. The van der Waals surface area contributed by atoms with Crippen LogP contribution >= 0.6 is 0 Å². The predicted octanol–water partition coefficient (Wildman–Crippen LogP) is 3.70. The molecular weight excluding hydrogens is 457 g/mol. The van der Waals surface area contributed by atoms with Gasteiger partial charge in [-0.2, -0.15) is 0 Å². The third-order valence-corrected chi connectivity index (χ3v) is 6.32. The number of anilines is 1. The zero-order valence-corrected chi connectivity index (χ0v) is 19.9. The second-order valence-electron chi connectivity index (χ2n) is 8.80. The first-order valence-electron chi connectivity index (χ1n) is 11.6. The van der Waals surface area contributed by atoms with E-state index < -0.39 is 5.91 Å². The maximum atomic E-state index is 13.5. The van der Waals surface area contributed by atoms with E-state index in [4.69, 9.17) is 10.7 Å². The lowest BCUT2D eigenvalue weighted by atomic mass is 10.1. The minimum absolute atomic E-state index is 0.162. The van der Waals surface area contributed by atoms with Crippen LogP contribution in [0.4, 0.5) is 10.2 Å². The lowest BCUT2D eigenvalue weighted by molar-refractivity contribution is -0.649. The number of hydrogen-bond donors (Lipinski definition) is 2. The standard InChI is InChI=1S/C28H24FN5O2/c1-17-7-6-14-33-25(17)32-26-23(28(33)36)15-22(27(35)31-18(2)20-8-4-3-5-9-20)24(30)34(26)16-19-10-12-21(29)13-11-19/h3-15,18,30H,16H2,1-2H3,(H,31,35)/p+1/t18-/m0/s1. The largest absolute Gasteiger partial charge is 0.345 e. The van der Waals surface area contributed by atoms with Crippen LogP contribution in [0.2, 0.25) is 0 Å². The minimum atomic E-state index is -0.410. The van der Waals surface area contributed by atoms with Gasteiger partial charge in [-0.05, 0) is 49.2 Å². The maximum absolute atomic E-state index is 13.5. The molecule has 0 spiro atoms. The molecule has 5 rings (SSSR count). The van der Waals surface area contributed by atoms with Gasteiger partial charge in [0.15, 0.2) is 0 Å². The first kappa shape index (κ1) is 23.2. The minimum Gasteiger partial charge on any atom is -0.345 e. The molecule has 0 fully saturated rings. The highest BCUT2D eigenvalue weighted by molar-refractivity contribution is 6.00. The molecule has 1 atom stereocenters. The number of pyridine rings is 2. The van der Waals surface area contributed by atoms with Crippen molar-refractivity contribution in [2.75, 3.05) is 5.73 Å². The topological polar surface area (TPSA) is 93.4 Å². The fraction of sp³-hybridized carbons (Fsp3) is 0.143. The highest BCUT2D eigenvalue weighted by Crippen LogP contribution is 2.19. The lowest BCUT2D eigenvalue weighted by Crippen LogP contribution is -2.43. The van der Waals surface area contributed by atoms with Crippen LogP contribution < -0.4 is 21.2 Å². The normalized spacial score (nSPS) is 12.1. The molecule has 36 heavy (non-hydrogen) atoms. The Labute approximate surface area is 206 Å². The van der Waals surface area contributed by atoms with Gasteiger partial charge in [-0.25, -0.2) is 8.96 Å². The third-order valence-electron chi connectivity index (χ3n) is 6.32. The first-order valence-corrected chi connectivity index (χ1v) is 11.6. The van der Waals surface area contributed by atoms with E-state index in [1.54, 1.807) is 29.0 Å². The van der Waals surface area contributed by atoms with Gasteiger partial charge in [0.1, 0.15) is 16.8 Å². The van der Waals surface area contributed by atoms with Crippen LogP contribution in [-0.2, 0) is 6.54 Å². The molecule has 3 heterocycles. The van der Waals surface area contributed by atoms with Crippen molar-refractivity contribution >= 4 is 28.4 Å². The van der Waals surface area contributed by atoms with Gasteiger partial charge in [0.05, 0.1) is 12.6 Å². The van der Waals surface area contributed by atoms with Crippen molar-refractivity contribution in [3.05, 3.63) is 117 Å². The number of carbonyl (C=O) groups is 1. The molecule has 0 aliphatic carbocycles. The van der Waals surface area contributed by atoms with Crippen molar-refractivity contribution in [2.24, 2.45) is 0 Å². The number of benzene rings is 2. The van der Waals surface area contributed by atoms with Crippen LogP contribution in [0, 0.1) is 12.7 Å². The van der Waals surface area contributed by atoms with Gasteiger partial charge >= 0.3 is 0 Å². The van der Waals surface area contributed by atoms with Crippen LogP contribution in [0.3, 0.4) is 0 Å². The molecule has 0 aliphatic heterocycles. The van der Waals surface area contributed by atoms with Gasteiger partial charge in [-0.1, -0.05) is 53.5 Å². The number of carbonyl (C=O) groups excluding carboxylic acids is 1. The highest BCUT2D eigenvalue weighted by atomic mass is 19.1. The summed E-state index contributed by atoms with van der Waals surface area (Å²) in [6, 6.07) is 20.4. The Morgan fingerprint density at radius 1 is 1.11 bits per heavy atom. The van der Waals surface area contributed by atoms with E-state index >= 15 is 0 Å². The van der Waals surface area contributed by atoms with Gasteiger partial charge in [-0.15, -0.1) is 0 Å². The maximum Gasteiger partial charge on any atom is 0.278 e. The summed E-state index contributed by atoms with van der Waals surface area (Å²) in [5.41, 5.74) is 9.76. The fourth-order valence-electron chi connectivity index (χ4n) is 4.32. The van der Waals surface area contributed by atoms with Crippen molar-refractivity contribution < 1.29 is 13.8 Å². The van der Waals surface area contributed by atoms with Crippen molar-refractivity contribution in [3.63, 3.8) is 0 Å². The van der Waals surface area contributed by atoms with E-state index in [1.807, 2.05) is 50.2 Å². The molecule has 0 unspecified atom stereocenters. The Hall–Kier alpha value is -4.59. The van der Waals surface area contributed by atoms with Crippen LogP contribution in [0.15, 0.2) is 83.8 Å². The molecule has 0 bridgehead atoms. The second kappa shape index (κ2) is 9.22. The van der Waals surface area contributed by atoms with E-state index in [0.29, 0.717) is 11.3 Å². The summed E-state index contributed by atoms with van der Waals surface area (Å²) in [7, 11) is 0. The van der Waals surface area contributed by atoms with Crippen molar-refractivity contribution in [1.82, 2.24) is 14.7 Å². The number of aromatic nitrogens is 3. The number of amides is 1. The number of fused-ring (bicyclic) bond motifs is 2. The molecule has 7 nitrogen and oxygen atoms in total. The Morgan fingerprint density at radius 3 is 2.56 bits per heavy atom. The quantitative estimate of drug-likeness (QED) is 0.295. The molecule has 0 aliphatic rings. The summed E-state index contributed by atoms with van der Waals surface area (Å²) < 4.78 is 16.6. The van der Waals surface area contributed by atoms with Gasteiger partial charge in [0.25, 0.3) is 17.1 Å². The van der Waals surface area contributed by atoms with E-state index in [0.717, 1.165) is 16.7 Å². The predicted molar refractivity (Wildman–Crippen MR) is 136 cm³/mol. The van der Waals surface area contributed by atoms with Crippen LogP contribution in [0.5, 0.6) is 0 Å². The highest BCUT2D eigenvalue weighted by Gasteiger charge is 2.26. The Morgan fingerprint density at radius 2 is 1.83 bits per heavy atom. The molecule has 8 heteroatoms. The zero-order chi connectivity index (χ0) is 25.4. The second-order valence-corrected chi connectivity index (χ2v) is 8.80. The summed E-state index contributed by atoms with van der Waals surface area (Å²) in [6.07, 6.45) is 1.65. The van der Waals surface area contributed by atoms with Gasteiger partial charge in [-0.3, -0.25) is 14.0 Å². The number of nitrogens with zero attached hydrogens (tertiary/aromatic N) is 3. The molecule has 5 aromatic rings. The lowest BCUT2D eigenvalue weighted by Gasteiger charge is -2.16. The van der Waals surface area contributed by atoms with Crippen molar-refractivity contribution in [2.45, 2.75) is 26.4 Å². The Balaban J connectivity index is 1.70. The van der Waals surface area contributed by atoms with Gasteiger partial charge in [0.2, 0.25) is 11.5 Å². The van der Waals surface area contributed by atoms with Gasteiger partial charge < -0.3 is 11.1 Å². The fourth-order valence-corrected chi connectivity index (χ4v) is 4.32. The average Bonchev–Trinajstić information content (AvgIpc) is 2.88. The molecule has 0 saturated heterocycles. The number of nitrogen functional groups attached to an aromatic ring is 1. The monoisotopic (exact) mass is 482 g/mol. The van der Waals surface area contributed by atoms with Gasteiger partial charge in [0, 0.05) is 11.8 Å². The summed E-state index contributed by atoms with van der Waals surface area (Å²) in [4.78, 5) is 31.7. The first-order chi connectivity index (χ1) is 17.3. The summed E-state index contributed by atoms with van der Waals surface area (Å²) in [5, 5.41) is 3.23. The summed E-state index contributed by atoms with van der Waals surface area (Å²) >= 11 is 0. The SMILES string of the molecule is Cc1cccn2c(=O)c3cc(C(=O)N[C@@H](C)c4ccccc4)c(N)[n+](Cc4ccc(F)cc4)c3nc12. The Bertz CT molecular complexity index is 1660. The zero-order valence-electron chi connectivity index (χ0n) is 19.9. The number of rotatable bonds is 5. The number of nitrogens with one attached hydrogen (secondary N) is 1. The molecular formula is C28H25FN5O2+. The van der Waals surface area contributed by atoms with E-state index in [9.17, 15) is 14.0 Å². The number of halogens is 1. The molecule has 0 radical (unpaired) electrons. The number of nitrogens with two attached hydrogens (primary N) is 1. The van der Waals surface area contributed by atoms with Crippen LogP contribution in [-0.4, -0.2) is 15.3 Å². The third kappa shape index (κ3) is 4.17. The average molecular weight is 483 g/mol.